The molecule has 1 aliphatic heterocycles. The molecule has 8 N–H and O–H groups in total. The van der Waals surface area contributed by atoms with Crippen molar-refractivity contribution < 1.29 is 9.53 Å². The zero-order valence-corrected chi connectivity index (χ0v) is 15.5. The molecule has 0 spiro atoms. The van der Waals surface area contributed by atoms with Crippen LogP contribution in [0, 0.1) is 0 Å². The highest BCUT2D eigenvalue weighted by molar-refractivity contribution is 6.41. The summed E-state index contributed by atoms with van der Waals surface area (Å²) in [6.45, 7) is 0.220. The molecule has 0 aliphatic carbocycles. The first-order valence-electron chi connectivity index (χ1n) is 8.03. The molecule has 0 saturated heterocycles. The van der Waals surface area contributed by atoms with Gasteiger partial charge in [-0.05, 0) is 23.8 Å². The Kier molecular flexibility index (Phi) is 7.35. The molecule has 0 fully saturated rings. The van der Waals surface area contributed by atoms with Gasteiger partial charge in [-0.15, -0.1) is 0 Å². The number of methoxy groups -OCH3 is 1. The van der Waals surface area contributed by atoms with Gasteiger partial charge in [0.1, 0.15) is 17.6 Å². The van der Waals surface area contributed by atoms with Crippen LogP contribution in [0.25, 0.3) is 0 Å². The highest BCUT2D eigenvalue weighted by atomic mass is 35.5. The van der Waals surface area contributed by atoms with Crippen LogP contribution in [-0.2, 0) is 4.79 Å². The van der Waals surface area contributed by atoms with Gasteiger partial charge >= 0.3 is 0 Å². The lowest BCUT2D eigenvalue weighted by molar-refractivity contribution is -0.114. The van der Waals surface area contributed by atoms with Crippen LogP contribution in [-0.4, -0.2) is 37.7 Å². The number of halogens is 1. The Morgan fingerprint density at radius 3 is 2.93 bits per heavy atom. The third-order valence-electron chi connectivity index (χ3n) is 3.66. The largest absolute Gasteiger partial charge is 0.497 e. The lowest BCUT2D eigenvalue weighted by Crippen LogP contribution is -2.50. The lowest BCUT2D eigenvalue weighted by atomic mass is 10.1. The smallest absolute Gasteiger partial charge is 0.273 e. The molecule has 2 rings (SSSR count). The number of nitrogens with two attached hydrogens (primary N) is 3. The molecule has 1 aliphatic rings. The van der Waals surface area contributed by atoms with Gasteiger partial charge in [-0.25, -0.2) is 0 Å². The fraction of sp³-hybridized carbons (Fsp3) is 0.235. The number of benzene rings is 1. The van der Waals surface area contributed by atoms with Crippen LogP contribution in [0.3, 0.4) is 0 Å². The Labute approximate surface area is 162 Å². The summed E-state index contributed by atoms with van der Waals surface area (Å²) in [5.41, 5.74) is 18.4. The van der Waals surface area contributed by atoms with Gasteiger partial charge in [-0.1, -0.05) is 11.6 Å². The minimum atomic E-state index is -0.707. The van der Waals surface area contributed by atoms with Gasteiger partial charge in [0.05, 0.1) is 18.8 Å². The molecule has 0 aromatic heterocycles. The van der Waals surface area contributed by atoms with Crippen LogP contribution in [0.5, 0.6) is 5.75 Å². The normalized spacial score (nSPS) is 18.0. The maximum atomic E-state index is 12.3. The SMILES string of the molecule is COc1cc(Cl)cc(C(CN)N=C/C(=C\N)NC(=O)C2=NC=CNC2N)c1. The summed E-state index contributed by atoms with van der Waals surface area (Å²) in [6.07, 6.45) is 4.91. The average Bonchev–Trinajstić information content (AvgIpc) is 2.67. The number of hydrogen-bond acceptors (Lipinski definition) is 8. The highest BCUT2D eigenvalue weighted by Crippen LogP contribution is 2.26. The van der Waals surface area contributed by atoms with E-state index in [0.717, 1.165) is 5.56 Å². The van der Waals surface area contributed by atoms with Crippen molar-refractivity contribution in [3.63, 3.8) is 0 Å². The Balaban J connectivity index is 2.13. The second-order valence-corrected chi connectivity index (χ2v) is 5.94. The molecule has 144 valence electrons. The summed E-state index contributed by atoms with van der Waals surface area (Å²) >= 11 is 6.09. The van der Waals surface area contributed by atoms with E-state index in [9.17, 15) is 4.79 Å². The van der Waals surface area contributed by atoms with Crippen molar-refractivity contribution in [3.8, 4) is 5.75 Å². The number of amides is 1. The fourth-order valence-corrected chi connectivity index (χ4v) is 2.52. The van der Waals surface area contributed by atoms with E-state index >= 15 is 0 Å². The van der Waals surface area contributed by atoms with Crippen LogP contribution in [0.4, 0.5) is 0 Å². The highest BCUT2D eigenvalue weighted by Gasteiger charge is 2.20. The monoisotopic (exact) mass is 391 g/mol. The zero-order chi connectivity index (χ0) is 19.8. The van der Waals surface area contributed by atoms with E-state index in [1.54, 1.807) is 31.5 Å². The van der Waals surface area contributed by atoms with Crippen molar-refractivity contribution in [3.05, 3.63) is 53.1 Å². The summed E-state index contributed by atoms with van der Waals surface area (Å²) in [6, 6.07) is 4.82. The molecule has 1 heterocycles. The maximum Gasteiger partial charge on any atom is 0.273 e. The van der Waals surface area contributed by atoms with Gasteiger partial charge in [0.15, 0.2) is 0 Å². The fourth-order valence-electron chi connectivity index (χ4n) is 2.28. The third-order valence-corrected chi connectivity index (χ3v) is 3.88. The number of aliphatic imine (C=N–C) groups is 2. The van der Waals surface area contributed by atoms with E-state index in [1.165, 1.54) is 18.6 Å². The lowest BCUT2D eigenvalue weighted by Gasteiger charge is -2.17. The minimum Gasteiger partial charge on any atom is -0.497 e. The van der Waals surface area contributed by atoms with E-state index < -0.39 is 18.1 Å². The number of nitrogens with zero attached hydrogens (tertiary/aromatic N) is 2. The molecule has 27 heavy (non-hydrogen) atoms. The Morgan fingerprint density at radius 2 is 2.30 bits per heavy atom. The maximum absolute atomic E-state index is 12.3. The number of nitrogens with one attached hydrogen (secondary N) is 2. The Hall–Kier alpha value is -2.88. The predicted octanol–water partition coefficient (Wildman–Crippen LogP) is 0.136. The van der Waals surface area contributed by atoms with Gasteiger partial charge in [0.2, 0.25) is 0 Å². The predicted molar refractivity (Wildman–Crippen MR) is 106 cm³/mol. The molecule has 9 nitrogen and oxygen atoms in total. The molecule has 1 aromatic rings. The summed E-state index contributed by atoms with van der Waals surface area (Å²) in [5, 5.41) is 5.89. The molecular weight excluding hydrogens is 370 g/mol. The van der Waals surface area contributed by atoms with E-state index in [2.05, 4.69) is 20.6 Å². The van der Waals surface area contributed by atoms with Gasteiger partial charge in [-0.3, -0.25) is 14.8 Å². The molecule has 0 radical (unpaired) electrons. The van der Waals surface area contributed by atoms with E-state index in [1.807, 2.05) is 0 Å². The van der Waals surface area contributed by atoms with Gasteiger partial charge < -0.3 is 32.6 Å². The van der Waals surface area contributed by atoms with Crippen molar-refractivity contribution in [2.75, 3.05) is 13.7 Å². The first-order chi connectivity index (χ1) is 13.0. The summed E-state index contributed by atoms with van der Waals surface area (Å²) in [4.78, 5) is 20.6. The van der Waals surface area contributed by atoms with E-state index in [4.69, 9.17) is 33.5 Å². The van der Waals surface area contributed by atoms with Crippen LogP contribution in [0.1, 0.15) is 11.6 Å². The molecule has 1 amide bonds. The van der Waals surface area contributed by atoms with Crippen molar-refractivity contribution >= 4 is 29.4 Å². The molecule has 10 heteroatoms. The first-order valence-corrected chi connectivity index (χ1v) is 8.41. The van der Waals surface area contributed by atoms with Crippen LogP contribution in [0.15, 0.2) is 52.5 Å². The second-order valence-electron chi connectivity index (χ2n) is 5.50. The van der Waals surface area contributed by atoms with Gasteiger partial charge in [0.25, 0.3) is 5.91 Å². The van der Waals surface area contributed by atoms with Crippen molar-refractivity contribution in [2.45, 2.75) is 12.2 Å². The van der Waals surface area contributed by atoms with Crippen LogP contribution < -0.4 is 32.6 Å². The number of carbonyl (C=O) groups is 1. The van der Waals surface area contributed by atoms with E-state index in [0.29, 0.717) is 10.8 Å². The van der Waals surface area contributed by atoms with Crippen LogP contribution >= 0.6 is 11.6 Å². The van der Waals surface area contributed by atoms with Gasteiger partial charge in [-0.2, -0.15) is 0 Å². The molecule has 0 saturated carbocycles. The molecule has 0 bridgehead atoms. The van der Waals surface area contributed by atoms with Crippen molar-refractivity contribution in [2.24, 2.45) is 27.2 Å². The molecule has 1 aromatic carbocycles. The first kappa shape index (κ1) is 20.4. The van der Waals surface area contributed by atoms with Crippen LogP contribution in [0.2, 0.25) is 5.02 Å². The zero-order valence-electron chi connectivity index (χ0n) is 14.7. The number of hydrogen-bond donors (Lipinski definition) is 5. The molecular formula is C17H22ClN7O2. The quantitative estimate of drug-likeness (QED) is 0.416. The standard InChI is InChI=1S/C17H22ClN7O2/c1-27-13-5-10(4-11(18)6-13)14(8-20)24-9-12(7-19)25-17(26)15-16(21)23-3-2-22-15/h2-7,9,14,16,23H,8,19-21H2,1H3,(H,25,26)/b12-7+,24-9?. The average molecular weight is 392 g/mol. The Morgan fingerprint density at radius 1 is 1.52 bits per heavy atom. The summed E-state index contributed by atoms with van der Waals surface area (Å²) in [5.74, 6) is 0.107. The number of carbonyl (C=O) groups excluding carboxylic acids is 1. The Bertz CT molecular complexity index is 804. The summed E-state index contributed by atoms with van der Waals surface area (Å²) < 4.78 is 5.20. The number of ether oxygens (including phenoxy) is 1. The van der Waals surface area contributed by atoms with Crippen molar-refractivity contribution in [1.82, 2.24) is 10.6 Å². The second kappa shape index (κ2) is 9.72. The molecule has 2 atom stereocenters. The summed E-state index contributed by atoms with van der Waals surface area (Å²) in [7, 11) is 1.55. The topological polar surface area (TPSA) is 153 Å². The molecule has 2 unspecified atom stereocenters. The van der Waals surface area contributed by atoms with Crippen molar-refractivity contribution in [1.29, 1.82) is 0 Å². The minimum absolute atomic E-state index is 0.125. The number of allylic oxidation sites excluding steroid dienone is 1. The number of rotatable bonds is 7. The third kappa shape index (κ3) is 5.55. The van der Waals surface area contributed by atoms with E-state index in [-0.39, 0.29) is 18.0 Å². The van der Waals surface area contributed by atoms with Gasteiger partial charge in [0, 0.05) is 36.4 Å².